The molecule has 0 unspecified atom stereocenters. The van der Waals surface area contributed by atoms with Gasteiger partial charge in [0.1, 0.15) is 0 Å². The molecule has 0 aromatic heterocycles. The van der Waals surface area contributed by atoms with E-state index in [1.54, 1.807) is 0 Å². The van der Waals surface area contributed by atoms with Crippen molar-refractivity contribution < 1.29 is 9.53 Å². The van der Waals surface area contributed by atoms with Crippen molar-refractivity contribution in [2.45, 2.75) is 65.3 Å². The van der Waals surface area contributed by atoms with Gasteiger partial charge in [-0.3, -0.25) is 0 Å². The molecule has 0 amide bonds. The minimum Gasteiger partial charge on any atom is -0.394 e. The van der Waals surface area contributed by atoms with Crippen LogP contribution in [0.4, 0.5) is 0 Å². The lowest BCUT2D eigenvalue weighted by atomic mass is 9.71. The van der Waals surface area contributed by atoms with Gasteiger partial charge in [-0.25, -0.2) is 0 Å². The zero-order chi connectivity index (χ0) is 11.7. The van der Waals surface area contributed by atoms with Crippen LogP contribution in [0.1, 0.15) is 46.5 Å². The van der Waals surface area contributed by atoms with Gasteiger partial charge in [0.25, 0.3) is 0 Å². The second-order valence-corrected chi connectivity index (χ2v) is 8.59. The molecule has 0 radical (unpaired) electrons. The molecule has 0 bridgehead atoms. The van der Waals surface area contributed by atoms with Gasteiger partial charge >= 0.3 is 0 Å². The normalized spacial score (nSPS) is 33.4. The summed E-state index contributed by atoms with van der Waals surface area (Å²) in [4.78, 5) is 0. The molecule has 90 valence electrons. The van der Waals surface area contributed by atoms with Crippen LogP contribution >= 0.6 is 0 Å². The second-order valence-electron chi connectivity index (χ2n) is 6.25. The SMILES string of the molecule is C[SiH](C)O[C@]1(O)CC[C@@H](C(C)(C)C)CC1. The second kappa shape index (κ2) is 4.56. The lowest BCUT2D eigenvalue weighted by molar-refractivity contribution is -0.173. The quantitative estimate of drug-likeness (QED) is 0.584. The van der Waals surface area contributed by atoms with Gasteiger partial charge in [0.05, 0.1) is 0 Å². The highest BCUT2D eigenvalue weighted by molar-refractivity contribution is 6.48. The molecular weight excluding hydrogens is 204 g/mol. The van der Waals surface area contributed by atoms with Gasteiger partial charge < -0.3 is 9.53 Å². The van der Waals surface area contributed by atoms with Crippen molar-refractivity contribution in [2.75, 3.05) is 0 Å². The molecule has 0 aromatic carbocycles. The summed E-state index contributed by atoms with van der Waals surface area (Å²) < 4.78 is 5.73. The first kappa shape index (κ1) is 13.2. The van der Waals surface area contributed by atoms with E-state index in [4.69, 9.17) is 4.43 Å². The minimum absolute atomic E-state index is 0.372. The summed E-state index contributed by atoms with van der Waals surface area (Å²) in [5.41, 5.74) is 0.372. The average molecular weight is 230 g/mol. The van der Waals surface area contributed by atoms with Crippen LogP contribution in [-0.2, 0) is 4.43 Å². The molecule has 3 heteroatoms. The number of hydrogen-bond donors (Lipinski definition) is 1. The van der Waals surface area contributed by atoms with Gasteiger partial charge in [-0.15, -0.1) is 0 Å². The van der Waals surface area contributed by atoms with E-state index in [1.165, 1.54) is 0 Å². The summed E-state index contributed by atoms with van der Waals surface area (Å²) in [7, 11) is -1.12. The zero-order valence-electron chi connectivity index (χ0n) is 10.8. The Morgan fingerprint density at radius 2 is 1.67 bits per heavy atom. The van der Waals surface area contributed by atoms with Crippen LogP contribution in [0.25, 0.3) is 0 Å². The van der Waals surface area contributed by atoms with E-state index in [1.807, 2.05) is 0 Å². The molecular formula is C12H26O2Si. The lowest BCUT2D eigenvalue weighted by Crippen LogP contribution is -2.42. The average Bonchev–Trinajstić information content (AvgIpc) is 2.00. The summed E-state index contributed by atoms with van der Waals surface area (Å²) in [6, 6.07) is 0. The van der Waals surface area contributed by atoms with Crippen LogP contribution in [0.2, 0.25) is 13.1 Å². The first-order valence-electron chi connectivity index (χ1n) is 6.13. The molecule has 0 aromatic rings. The minimum atomic E-state index is -1.12. The molecule has 0 aliphatic heterocycles. The van der Waals surface area contributed by atoms with Crippen molar-refractivity contribution in [1.29, 1.82) is 0 Å². The summed E-state index contributed by atoms with van der Waals surface area (Å²) in [6.07, 6.45) is 3.84. The summed E-state index contributed by atoms with van der Waals surface area (Å²) in [5.74, 6) is -0.0579. The van der Waals surface area contributed by atoms with Crippen molar-refractivity contribution in [2.24, 2.45) is 11.3 Å². The van der Waals surface area contributed by atoms with Crippen LogP contribution < -0.4 is 0 Å². The third-order valence-corrected chi connectivity index (χ3v) is 4.36. The van der Waals surface area contributed by atoms with E-state index in [-0.39, 0.29) is 0 Å². The topological polar surface area (TPSA) is 29.5 Å². The highest BCUT2D eigenvalue weighted by Gasteiger charge is 2.38. The molecule has 0 heterocycles. The van der Waals surface area contributed by atoms with Crippen molar-refractivity contribution >= 4 is 9.04 Å². The largest absolute Gasteiger partial charge is 0.394 e. The molecule has 1 rings (SSSR count). The van der Waals surface area contributed by atoms with Crippen molar-refractivity contribution in [1.82, 2.24) is 0 Å². The summed E-state index contributed by atoms with van der Waals surface area (Å²) in [5, 5.41) is 10.2. The maximum Gasteiger partial charge on any atom is 0.174 e. The molecule has 1 aliphatic carbocycles. The van der Waals surface area contributed by atoms with Gasteiger partial charge in [0.15, 0.2) is 14.8 Å². The Labute approximate surface area is 95.8 Å². The fourth-order valence-electron chi connectivity index (χ4n) is 2.49. The van der Waals surface area contributed by atoms with E-state index in [9.17, 15) is 5.11 Å². The van der Waals surface area contributed by atoms with Crippen molar-refractivity contribution in [3.8, 4) is 0 Å². The lowest BCUT2D eigenvalue weighted by Gasteiger charge is -2.41. The molecule has 0 saturated heterocycles. The van der Waals surface area contributed by atoms with Crippen LogP contribution in [0.5, 0.6) is 0 Å². The Balaban J connectivity index is 2.48. The fraction of sp³-hybridized carbons (Fsp3) is 1.00. The van der Waals surface area contributed by atoms with Crippen LogP contribution in [0, 0.1) is 11.3 Å². The summed E-state index contributed by atoms with van der Waals surface area (Å²) >= 11 is 0. The molecule has 2 nitrogen and oxygen atoms in total. The number of hydrogen-bond acceptors (Lipinski definition) is 2. The van der Waals surface area contributed by atoms with Gasteiger partial charge in [-0.05, 0) is 37.3 Å². The summed E-state index contributed by atoms with van der Waals surface area (Å²) in [6.45, 7) is 11.1. The maximum atomic E-state index is 10.2. The highest BCUT2D eigenvalue weighted by Crippen LogP contribution is 2.41. The molecule has 0 spiro atoms. The van der Waals surface area contributed by atoms with Crippen LogP contribution in [0.3, 0.4) is 0 Å². The molecule has 0 atom stereocenters. The standard InChI is InChI=1S/C12H26O2Si/c1-11(2,3)10-6-8-12(13,9-7-10)14-15(4)5/h10,13,15H,6-9H2,1-5H3/t10-,12-. The number of aliphatic hydroxyl groups is 1. The Morgan fingerprint density at radius 1 is 1.20 bits per heavy atom. The Bertz CT molecular complexity index is 200. The fourth-order valence-corrected chi connectivity index (χ4v) is 3.60. The smallest absolute Gasteiger partial charge is 0.174 e. The van der Waals surface area contributed by atoms with Crippen LogP contribution in [0.15, 0.2) is 0 Å². The third-order valence-electron chi connectivity index (χ3n) is 3.45. The maximum absolute atomic E-state index is 10.2. The van der Waals surface area contributed by atoms with Crippen LogP contribution in [-0.4, -0.2) is 19.9 Å². The number of rotatable bonds is 2. The van der Waals surface area contributed by atoms with E-state index in [2.05, 4.69) is 33.9 Å². The van der Waals surface area contributed by atoms with Gasteiger partial charge in [-0.2, -0.15) is 0 Å². The Hall–Kier alpha value is 0.137. The zero-order valence-corrected chi connectivity index (χ0v) is 12.0. The highest BCUT2D eigenvalue weighted by atomic mass is 28.3. The van der Waals surface area contributed by atoms with E-state index >= 15 is 0 Å². The molecule has 1 saturated carbocycles. The van der Waals surface area contributed by atoms with Crippen molar-refractivity contribution in [3.05, 3.63) is 0 Å². The molecule has 1 fully saturated rings. The van der Waals surface area contributed by atoms with E-state index in [0.29, 0.717) is 5.41 Å². The van der Waals surface area contributed by atoms with Gasteiger partial charge in [0, 0.05) is 12.8 Å². The Morgan fingerprint density at radius 3 is 2.00 bits per heavy atom. The van der Waals surface area contributed by atoms with Gasteiger partial charge in [0.2, 0.25) is 0 Å². The molecule has 15 heavy (non-hydrogen) atoms. The third kappa shape index (κ3) is 3.89. The molecule has 1 aliphatic rings. The Kier molecular flexibility index (Phi) is 4.01. The first-order chi connectivity index (χ1) is 6.73. The predicted molar refractivity (Wildman–Crippen MR) is 66.3 cm³/mol. The first-order valence-corrected chi connectivity index (χ1v) is 8.91. The predicted octanol–water partition coefficient (Wildman–Crippen LogP) is 2.91. The van der Waals surface area contributed by atoms with E-state index in [0.717, 1.165) is 31.6 Å². The molecule has 1 N–H and O–H groups in total. The van der Waals surface area contributed by atoms with Gasteiger partial charge in [-0.1, -0.05) is 20.8 Å². The van der Waals surface area contributed by atoms with Crippen molar-refractivity contribution in [3.63, 3.8) is 0 Å². The van der Waals surface area contributed by atoms with E-state index < -0.39 is 14.8 Å². The monoisotopic (exact) mass is 230 g/mol.